The maximum Gasteiger partial charge on any atom is -0.00180 e. The molecular weight excluding hydrogens is 158 g/mol. The molecule has 1 aliphatic rings. The van der Waals surface area contributed by atoms with Gasteiger partial charge in [0, 0.05) is 0 Å². The summed E-state index contributed by atoms with van der Waals surface area (Å²) in [5.74, 6) is 1.92. The van der Waals surface area contributed by atoms with Crippen molar-refractivity contribution in [3.8, 4) is 0 Å². The van der Waals surface area contributed by atoms with Crippen LogP contribution in [0.3, 0.4) is 0 Å². The van der Waals surface area contributed by atoms with Crippen molar-refractivity contribution in [3.05, 3.63) is 0 Å². The lowest BCUT2D eigenvalue weighted by Gasteiger charge is -2.29. The molecule has 0 aliphatic carbocycles. The van der Waals surface area contributed by atoms with E-state index in [0.29, 0.717) is 0 Å². The first-order valence-corrected chi connectivity index (χ1v) is 6.05. The van der Waals surface area contributed by atoms with E-state index in [4.69, 9.17) is 0 Å². The van der Waals surface area contributed by atoms with Gasteiger partial charge in [-0.1, -0.05) is 39.5 Å². The van der Waals surface area contributed by atoms with Crippen LogP contribution >= 0.6 is 0 Å². The van der Waals surface area contributed by atoms with Crippen LogP contribution in [0.1, 0.15) is 52.4 Å². The summed E-state index contributed by atoms with van der Waals surface area (Å²) in [7, 11) is 0. The van der Waals surface area contributed by atoms with Gasteiger partial charge < -0.3 is 5.32 Å². The summed E-state index contributed by atoms with van der Waals surface area (Å²) in [6.07, 6.45) is 8.52. The molecule has 0 amide bonds. The first-order chi connectivity index (χ1) is 6.34. The summed E-state index contributed by atoms with van der Waals surface area (Å²) in [6.45, 7) is 7.22. The Morgan fingerprint density at radius 1 is 1.23 bits per heavy atom. The van der Waals surface area contributed by atoms with E-state index < -0.39 is 0 Å². The summed E-state index contributed by atoms with van der Waals surface area (Å²) in [6, 6.07) is 0. The zero-order valence-electron chi connectivity index (χ0n) is 9.31. The number of unbranched alkanes of at least 4 members (excludes halogenated alkanes) is 3. The molecule has 1 fully saturated rings. The highest BCUT2D eigenvalue weighted by Gasteiger charge is 2.19. The molecule has 0 bridgehead atoms. The lowest BCUT2D eigenvalue weighted by Crippen LogP contribution is -2.35. The minimum Gasteiger partial charge on any atom is -0.316 e. The maximum absolute atomic E-state index is 3.51. The predicted molar refractivity (Wildman–Crippen MR) is 58.9 cm³/mol. The van der Waals surface area contributed by atoms with E-state index in [9.17, 15) is 0 Å². The Morgan fingerprint density at radius 2 is 2.08 bits per heavy atom. The largest absolute Gasteiger partial charge is 0.316 e. The quantitative estimate of drug-likeness (QED) is 0.645. The molecule has 1 N–H and O–H groups in total. The first kappa shape index (κ1) is 11.0. The number of hydrogen-bond acceptors (Lipinski definition) is 1. The fraction of sp³-hybridized carbons (Fsp3) is 1.00. The number of rotatable bonds is 5. The Kier molecular flexibility index (Phi) is 5.45. The molecule has 13 heavy (non-hydrogen) atoms. The second-order valence-electron chi connectivity index (χ2n) is 4.58. The molecule has 1 aliphatic heterocycles. The SMILES string of the molecule is CCCCCCC1CNCCC1C. The van der Waals surface area contributed by atoms with Gasteiger partial charge in [-0.2, -0.15) is 0 Å². The topological polar surface area (TPSA) is 12.0 Å². The molecule has 78 valence electrons. The van der Waals surface area contributed by atoms with Gasteiger partial charge >= 0.3 is 0 Å². The number of hydrogen-bond donors (Lipinski definition) is 1. The number of piperidine rings is 1. The molecule has 0 aromatic rings. The average molecular weight is 183 g/mol. The minimum absolute atomic E-state index is 0.961. The smallest absolute Gasteiger partial charge is 0.00180 e. The standard InChI is InChI=1S/C12H25N/c1-3-4-5-6-7-12-10-13-9-8-11(12)2/h11-13H,3-10H2,1-2H3. The van der Waals surface area contributed by atoms with Crippen molar-refractivity contribution in [2.45, 2.75) is 52.4 Å². The monoisotopic (exact) mass is 183 g/mol. The van der Waals surface area contributed by atoms with Crippen LogP contribution in [0, 0.1) is 11.8 Å². The Labute approximate surface area is 83.3 Å². The summed E-state index contributed by atoms with van der Waals surface area (Å²) >= 11 is 0. The molecule has 0 spiro atoms. The summed E-state index contributed by atoms with van der Waals surface area (Å²) in [4.78, 5) is 0. The van der Waals surface area contributed by atoms with Gasteiger partial charge in [-0.15, -0.1) is 0 Å². The van der Waals surface area contributed by atoms with Crippen LogP contribution in [0.25, 0.3) is 0 Å². The molecule has 0 saturated carbocycles. The van der Waals surface area contributed by atoms with Crippen LogP contribution in [0.2, 0.25) is 0 Å². The van der Waals surface area contributed by atoms with Crippen LogP contribution in [0.4, 0.5) is 0 Å². The van der Waals surface area contributed by atoms with Crippen LogP contribution < -0.4 is 5.32 Å². The predicted octanol–water partition coefficient (Wildman–Crippen LogP) is 3.20. The zero-order chi connectivity index (χ0) is 9.52. The molecule has 1 saturated heterocycles. The summed E-state index contributed by atoms with van der Waals surface area (Å²) in [5.41, 5.74) is 0. The van der Waals surface area contributed by atoms with E-state index in [1.807, 2.05) is 0 Å². The highest BCUT2D eigenvalue weighted by Crippen LogP contribution is 2.23. The maximum atomic E-state index is 3.51. The molecule has 0 aromatic heterocycles. The van der Waals surface area contributed by atoms with Gasteiger partial charge in [0.2, 0.25) is 0 Å². The third-order valence-electron chi connectivity index (χ3n) is 3.42. The fourth-order valence-electron chi connectivity index (χ4n) is 2.27. The fourth-order valence-corrected chi connectivity index (χ4v) is 2.27. The van der Waals surface area contributed by atoms with Crippen molar-refractivity contribution in [1.82, 2.24) is 5.32 Å². The third kappa shape index (κ3) is 4.12. The highest BCUT2D eigenvalue weighted by atomic mass is 14.9. The van der Waals surface area contributed by atoms with E-state index >= 15 is 0 Å². The lowest BCUT2D eigenvalue weighted by molar-refractivity contribution is 0.253. The van der Waals surface area contributed by atoms with Crippen molar-refractivity contribution in [3.63, 3.8) is 0 Å². The molecule has 1 nitrogen and oxygen atoms in total. The summed E-state index contributed by atoms with van der Waals surface area (Å²) < 4.78 is 0. The molecule has 0 radical (unpaired) electrons. The van der Waals surface area contributed by atoms with Gasteiger partial charge in [0.25, 0.3) is 0 Å². The van der Waals surface area contributed by atoms with Gasteiger partial charge in [0.05, 0.1) is 0 Å². The van der Waals surface area contributed by atoms with Gasteiger partial charge in [0.1, 0.15) is 0 Å². The Balaban J connectivity index is 2.05. The van der Waals surface area contributed by atoms with Gasteiger partial charge in [-0.25, -0.2) is 0 Å². The molecular formula is C12H25N. The van der Waals surface area contributed by atoms with Crippen molar-refractivity contribution in [1.29, 1.82) is 0 Å². The van der Waals surface area contributed by atoms with E-state index in [1.54, 1.807) is 0 Å². The average Bonchev–Trinajstić information content (AvgIpc) is 2.15. The minimum atomic E-state index is 0.961. The Morgan fingerprint density at radius 3 is 2.77 bits per heavy atom. The molecule has 2 atom stereocenters. The molecule has 1 heterocycles. The van der Waals surface area contributed by atoms with Crippen LogP contribution in [0.5, 0.6) is 0 Å². The van der Waals surface area contributed by atoms with E-state index in [2.05, 4.69) is 19.2 Å². The molecule has 0 aromatic carbocycles. The summed E-state index contributed by atoms with van der Waals surface area (Å²) in [5, 5.41) is 3.51. The van der Waals surface area contributed by atoms with Gasteiger partial charge in [0.15, 0.2) is 0 Å². The second-order valence-corrected chi connectivity index (χ2v) is 4.58. The number of nitrogens with one attached hydrogen (secondary N) is 1. The van der Waals surface area contributed by atoms with Gasteiger partial charge in [-0.05, 0) is 37.8 Å². The first-order valence-electron chi connectivity index (χ1n) is 6.05. The molecule has 1 rings (SSSR count). The zero-order valence-corrected chi connectivity index (χ0v) is 9.31. The molecule has 2 unspecified atom stereocenters. The molecule has 1 heteroatoms. The van der Waals surface area contributed by atoms with E-state index in [1.165, 1.54) is 51.6 Å². The third-order valence-corrected chi connectivity index (χ3v) is 3.42. The van der Waals surface area contributed by atoms with E-state index in [0.717, 1.165) is 11.8 Å². The second kappa shape index (κ2) is 6.42. The normalized spacial score (nSPS) is 29.1. The Bertz CT molecular complexity index is 122. The van der Waals surface area contributed by atoms with Crippen molar-refractivity contribution >= 4 is 0 Å². The van der Waals surface area contributed by atoms with Crippen LogP contribution in [-0.2, 0) is 0 Å². The van der Waals surface area contributed by atoms with Gasteiger partial charge in [-0.3, -0.25) is 0 Å². The van der Waals surface area contributed by atoms with Crippen molar-refractivity contribution in [2.75, 3.05) is 13.1 Å². The van der Waals surface area contributed by atoms with Crippen molar-refractivity contribution < 1.29 is 0 Å². The highest BCUT2D eigenvalue weighted by molar-refractivity contribution is 4.74. The van der Waals surface area contributed by atoms with E-state index in [-0.39, 0.29) is 0 Å². The Hall–Kier alpha value is -0.0400. The van der Waals surface area contributed by atoms with Crippen LogP contribution in [-0.4, -0.2) is 13.1 Å². The van der Waals surface area contributed by atoms with Crippen molar-refractivity contribution in [2.24, 2.45) is 11.8 Å². The lowest BCUT2D eigenvalue weighted by atomic mass is 9.84. The van der Waals surface area contributed by atoms with Crippen LogP contribution in [0.15, 0.2) is 0 Å².